The molecule has 0 atom stereocenters. The predicted molar refractivity (Wildman–Crippen MR) is 236 cm³/mol. The molecular formula is C44H47Cl2F3N6O5S2. The highest BCUT2D eigenvalue weighted by atomic mass is 35.5. The number of hydrogen-bond donors (Lipinski definition) is 4. The number of hydrogen-bond acceptors (Lipinski definition) is 8. The van der Waals surface area contributed by atoms with E-state index < -0.39 is 12.1 Å². The van der Waals surface area contributed by atoms with Gasteiger partial charge in [0, 0.05) is 66.4 Å². The number of nitrogens with zero attached hydrogens (tertiary/aromatic N) is 2. The summed E-state index contributed by atoms with van der Waals surface area (Å²) in [5.74, 6) is -1.01. The third kappa shape index (κ3) is 11.0. The molecule has 18 heteroatoms. The molecule has 11 nitrogen and oxygen atoms in total. The van der Waals surface area contributed by atoms with Crippen LogP contribution in [0.5, 0.6) is 0 Å². The van der Waals surface area contributed by atoms with Crippen molar-refractivity contribution in [2.75, 3.05) is 36.8 Å². The molecule has 4 aliphatic rings. The number of nitrogens with one attached hydrogen (secondary N) is 3. The summed E-state index contributed by atoms with van der Waals surface area (Å²) in [6.07, 6.45) is 2.64. The van der Waals surface area contributed by atoms with Gasteiger partial charge in [-0.3, -0.25) is 24.0 Å². The fourth-order valence-electron chi connectivity index (χ4n) is 8.78. The molecule has 2 aliphatic carbocycles. The second-order valence-corrected chi connectivity index (χ2v) is 19.8. The molecule has 0 spiro atoms. The van der Waals surface area contributed by atoms with Gasteiger partial charge in [-0.2, -0.15) is 13.2 Å². The van der Waals surface area contributed by atoms with Gasteiger partial charge in [0.15, 0.2) is 0 Å². The van der Waals surface area contributed by atoms with E-state index >= 15 is 0 Å². The summed E-state index contributed by atoms with van der Waals surface area (Å²) in [5, 5.41) is 7.79. The van der Waals surface area contributed by atoms with Crippen molar-refractivity contribution in [2.24, 2.45) is 29.4 Å². The van der Waals surface area contributed by atoms with Crippen LogP contribution in [0.3, 0.4) is 0 Å². The van der Waals surface area contributed by atoms with Crippen molar-refractivity contribution in [2.45, 2.75) is 70.6 Å². The van der Waals surface area contributed by atoms with Crippen LogP contribution in [-0.4, -0.2) is 71.7 Å². The molecule has 2 aromatic heterocycles. The molecular weight excluding hydrogens is 885 g/mol. The highest BCUT2D eigenvalue weighted by molar-refractivity contribution is 7.18. The van der Waals surface area contributed by atoms with E-state index in [0.717, 1.165) is 62.7 Å². The molecule has 0 bridgehead atoms. The van der Waals surface area contributed by atoms with Gasteiger partial charge < -0.3 is 31.5 Å². The Morgan fingerprint density at radius 2 is 1.06 bits per heavy atom. The minimum atomic E-state index is -4.86. The van der Waals surface area contributed by atoms with E-state index in [4.69, 9.17) is 28.9 Å². The van der Waals surface area contributed by atoms with E-state index in [0.29, 0.717) is 85.2 Å². The van der Waals surface area contributed by atoms with Crippen molar-refractivity contribution in [3.05, 3.63) is 101 Å². The van der Waals surface area contributed by atoms with E-state index in [9.17, 15) is 37.1 Å². The fraction of sp³-hybridized carbons (Fsp3) is 0.432. The SMILES string of the molecule is NCC1CCC(CN2Cc3c(NC(=O)c4ccc(Cl)s4)cccc3C2=O)CC1.O=C(Nc1cccc2c1CN(CC1CCC(CNC(=O)C(F)(F)F)CC1)C2=O)c1ccc(Cl)s1. The average molecular weight is 932 g/mol. The summed E-state index contributed by atoms with van der Waals surface area (Å²) in [5.41, 5.74) is 10.0. The zero-order chi connectivity index (χ0) is 44.1. The molecule has 8 rings (SSSR count). The molecule has 2 aliphatic heterocycles. The number of alkyl halides is 3. The summed E-state index contributed by atoms with van der Waals surface area (Å²) in [6, 6.07) is 17.5. The van der Waals surface area contributed by atoms with Crippen LogP contribution in [0.1, 0.15) is 103 Å². The van der Waals surface area contributed by atoms with Crippen molar-refractivity contribution >= 4 is 86.8 Å². The Bertz CT molecular complexity index is 2300. The summed E-state index contributed by atoms with van der Waals surface area (Å²) < 4.78 is 38.1. The molecule has 2 saturated carbocycles. The van der Waals surface area contributed by atoms with Crippen LogP contribution in [0.4, 0.5) is 24.5 Å². The lowest BCUT2D eigenvalue weighted by molar-refractivity contribution is -0.173. The number of carbonyl (C=O) groups is 5. The number of thiophene rings is 2. The van der Waals surface area contributed by atoms with Crippen LogP contribution < -0.4 is 21.7 Å². The second-order valence-electron chi connectivity index (χ2n) is 16.4. The first-order valence-electron chi connectivity index (χ1n) is 20.7. The number of fused-ring (bicyclic) bond motifs is 2. The highest BCUT2D eigenvalue weighted by Crippen LogP contribution is 2.36. The van der Waals surface area contributed by atoms with Crippen molar-refractivity contribution < 1.29 is 37.1 Å². The number of rotatable bonds is 11. The van der Waals surface area contributed by atoms with E-state index in [2.05, 4.69) is 10.6 Å². The zero-order valence-corrected chi connectivity index (χ0v) is 36.8. The van der Waals surface area contributed by atoms with Crippen LogP contribution in [0, 0.1) is 23.7 Å². The van der Waals surface area contributed by atoms with Crippen LogP contribution in [-0.2, 0) is 17.9 Å². The zero-order valence-electron chi connectivity index (χ0n) is 33.7. The maximum atomic E-state index is 13.0. The number of anilines is 2. The van der Waals surface area contributed by atoms with Gasteiger partial charge in [-0.25, -0.2) is 0 Å². The minimum absolute atomic E-state index is 0.00148. The van der Waals surface area contributed by atoms with Gasteiger partial charge in [-0.1, -0.05) is 35.3 Å². The molecule has 0 radical (unpaired) electrons. The quantitative estimate of drug-likeness (QED) is 0.118. The Morgan fingerprint density at radius 1 is 0.645 bits per heavy atom. The maximum absolute atomic E-state index is 13.0. The summed E-state index contributed by atoms with van der Waals surface area (Å²) in [7, 11) is 0. The standard InChI is InChI=1S/C23H23ClF3N3O3S.C21H24ClN3O2S/c24-19-9-8-18(34-19)20(31)29-17-3-1-2-15-16(17)12-30(21(15)32)11-14-6-4-13(5-7-14)10-28-22(33)23(25,26)27;22-19-9-8-18(28-19)20(26)24-17-3-1-2-15-16(17)12-25(21(15)27)11-14-6-4-13(10-23)5-7-14/h1-3,8-9,13-14H,4-7,10-12H2,(H,28,33)(H,29,31);1-3,8-9,13-14H,4-7,10-12,23H2,(H,24,26). The van der Waals surface area contributed by atoms with Gasteiger partial charge in [0.2, 0.25) is 0 Å². The lowest BCUT2D eigenvalue weighted by Gasteiger charge is -2.31. The Kier molecular flexibility index (Phi) is 14.6. The third-order valence-corrected chi connectivity index (χ3v) is 14.7. The van der Waals surface area contributed by atoms with Crippen molar-refractivity contribution in [1.82, 2.24) is 15.1 Å². The molecule has 4 aromatic rings. The molecule has 62 heavy (non-hydrogen) atoms. The highest BCUT2D eigenvalue weighted by Gasteiger charge is 2.39. The van der Waals surface area contributed by atoms with E-state index in [1.165, 1.54) is 22.7 Å². The summed E-state index contributed by atoms with van der Waals surface area (Å²) in [6.45, 7) is 3.03. The van der Waals surface area contributed by atoms with Gasteiger partial charge in [-0.05, 0) is 130 Å². The van der Waals surface area contributed by atoms with Crippen LogP contribution >= 0.6 is 45.9 Å². The molecule has 2 fully saturated rings. The third-order valence-electron chi connectivity index (χ3n) is 12.2. The number of amides is 5. The fourth-order valence-corrected chi connectivity index (χ4v) is 10.7. The number of nitrogens with two attached hydrogens (primary N) is 1. The van der Waals surface area contributed by atoms with E-state index in [1.54, 1.807) is 47.4 Å². The molecule has 4 heterocycles. The van der Waals surface area contributed by atoms with E-state index in [-0.39, 0.29) is 42.0 Å². The molecule has 330 valence electrons. The Hall–Kier alpha value is -4.48. The lowest BCUT2D eigenvalue weighted by atomic mass is 9.81. The number of benzene rings is 2. The van der Waals surface area contributed by atoms with Crippen LogP contribution in [0.25, 0.3) is 0 Å². The first kappa shape index (κ1) is 45.5. The Balaban J connectivity index is 0.000000190. The number of carbonyl (C=O) groups excluding carboxylic acids is 5. The average Bonchev–Trinajstić information content (AvgIpc) is 4.05. The molecule has 0 saturated heterocycles. The van der Waals surface area contributed by atoms with Crippen molar-refractivity contribution in [3.8, 4) is 0 Å². The summed E-state index contributed by atoms with van der Waals surface area (Å²) >= 11 is 14.3. The van der Waals surface area contributed by atoms with E-state index in [1.807, 2.05) is 28.4 Å². The topological polar surface area (TPSA) is 154 Å². The smallest absolute Gasteiger partial charge is 0.348 e. The normalized spacial score (nSPS) is 20.9. The lowest BCUT2D eigenvalue weighted by Crippen LogP contribution is -2.40. The second kappa shape index (κ2) is 19.9. The van der Waals surface area contributed by atoms with Gasteiger partial charge in [0.1, 0.15) is 0 Å². The maximum Gasteiger partial charge on any atom is 0.471 e. The Morgan fingerprint density at radius 3 is 1.45 bits per heavy atom. The predicted octanol–water partition coefficient (Wildman–Crippen LogP) is 9.47. The van der Waals surface area contributed by atoms with Gasteiger partial charge >= 0.3 is 12.1 Å². The Labute approximate surface area is 375 Å². The van der Waals surface area contributed by atoms with Crippen LogP contribution in [0.2, 0.25) is 8.67 Å². The first-order valence-corrected chi connectivity index (χ1v) is 23.1. The van der Waals surface area contributed by atoms with Crippen molar-refractivity contribution in [1.29, 1.82) is 0 Å². The van der Waals surface area contributed by atoms with Crippen molar-refractivity contribution in [3.63, 3.8) is 0 Å². The van der Waals surface area contributed by atoms with Gasteiger partial charge in [0.25, 0.3) is 23.6 Å². The first-order chi connectivity index (χ1) is 29.7. The summed E-state index contributed by atoms with van der Waals surface area (Å²) in [4.78, 5) is 66.6. The molecule has 5 N–H and O–H groups in total. The largest absolute Gasteiger partial charge is 0.471 e. The van der Waals surface area contributed by atoms with Crippen LogP contribution in [0.15, 0.2) is 60.7 Å². The van der Waals surface area contributed by atoms with Gasteiger partial charge in [-0.15, -0.1) is 22.7 Å². The minimum Gasteiger partial charge on any atom is -0.348 e. The molecule has 5 amide bonds. The molecule has 0 unspecified atom stereocenters. The monoisotopic (exact) mass is 930 g/mol. The number of halogens is 5. The van der Waals surface area contributed by atoms with Gasteiger partial charge in [0.05, 0.1) is 18.4 Å². The molecule has 2 aromatic carbocycles.